The topological polar surface area (TPSA) is 38.1 Å². The molecular formula is C15H13N3OS. The Labute approximate surface area is 120 Å². The highest BCUT2D eigenvalue weighted by molar-refractivity contribution is 7.12. The molecule has 0 atom stereocenters. The summed E-state index contributed by atoms with van der Waals surface area (Å²) in [5.41, 5.74) is 2.17. The first-order valence-electron chi connectivity index (χ1n) is 6.60. The standard InChI is InChI=1S/C15H13N3OS/c19-15(13-6-3-9-20-13)17-7-8-18-12-5-2-1-4-11(12)16-14(18)10-17/h1-6,9H,7-8,10H2. The van der Waals surface area contributed by atoms with Crippen molar-refractivity contribution < 1.29 is 4.79 Å². The Balaban J connectivity index is 1.68. The van der Waals surface area contributed by atoms with Crippen LogP contribution in [0.4, 0.5) is 0 Å². The van der Waals surface area contributed by atoms with E-state index in [1.54, 1.807) is 0 Å². The molecule has 0 aliphatic carbocycles. The molecule has 2 aromatic heterocycles. The molecule has 0 bridgehead atoms. The number of nitrogens with zero attached hydrogens (tertiary/aromatic N) is 3. The molecule has 3 heterocycles. The SMILES string of the molecule is O=C(c1cccs1)N1CCn2c(nc3ccccc32)C1. The smallest absolute Gasteiger partial charge is 0.264 e. The zero-order valence-corrected chi connectivity index (χ0v) is 11.6. The largest absolute Gasteiger partial charge is 0.329 e. The number of hydrogen-bond donors (Lipinski definition) is 0. The first-order valence-corrected chi connectivity index (χ1v) is 7.48. The van der Waals surface area contributed by atoms with Gasteiger partial charge in [0.05, 0.1) is 22.5 Å². The molecule has 3 aromatic rings. The lowest BCUT2D eigenvalue weighted by Gasteiger charge is -2.27. The number of thiophene rings is 1. The summed E-state index contributed by atoms with van der Waals surface area (Å²) >= 11 is 1.49. The minimum atomic E-state index is 0.110. The van der Waals surface area contributed by atoms with Gasteiger partial charge in [0.2, 0.25) is 0 Å². The molecule has 0 radical (unpaired) electrons. The summed E-state index contributed by atoms with van der Waals surface area (Å²) in [5, 5.41) is 1.94. The van der Waals surface area contributed by atoms with E-state index in [9.17, 15) is 4.79 Å². The third-order valence-corrected chi connectivity index (χ3v) is 4.54. The van der Waals surface area contributed by atoms with E-state index in [-0.39, 0.29) is 5.91 Å². The lowest BCUT2D eigenvalue weighted by Crippen LogP contribution is -2.38. The lowest BCUT2D eigenvalue weighted by atomic mass is 10.3. The van der Waals surface area contributed by atoms with E-state index in [1.807, 2.05) is 40.6 Å². The second-order valence-electron chi connectivity index (χ2n) is 4.87. The zero-order valence-electron chi connectivity index (χ0n) is 10.8. The molecule has 1 aliphatic rings. The molecule has 1 aromatic carbocycles. The van der Waals surface area contributed by atoms with Crippen molar-refractivity contribution in [1.29, 1.82) is 0 Å². The minimum Gasteiger partial charge on any atom is -0.329 e. The molecule has 4 rings (SSSR count). The molecule has 0 saturated carbocycles. The highest BCUT2D eigenvalue weighted by atomic mass is 32.1. The van der Waals surface area contributed by atoms with Crippen LogP contribution in [-0.2, 0) is 13.1 Å². The molecule has 1 amide bonds. The third kappa shape index (κ3) is 1.74. The van der Waals surface area contributed by atoms with E-state index in [2.05, 4.69) is 15.6 Å². The van der Waals surface area contributed by atoms with Gasteiger partial charge in [-0.15, -0.1) is 11.3 Å². The van der Waals surface area contributed by atoms with Gasteiger partial charge < -0.3 is 9.47 Å². The summed E-state index contributed by atoms with van der Waals surface area (Å²) in [6.07, 6.45) is 0. The van der Waals surface area contributed by atoms with Crippen LogP contribution < -0.4 is 0 Å². The molecule has 20 heavy (non-hydrogen) atoms. The molecule has 100 valence electrons. The van der Waals surface area contributed by atoms with E-state index in [0.29, 0.717) is 6.54 Å². The van der Waals surface area contributed by atoms with Crippen LogP contribution >= 0.6 is 11.3 Å². The fourth-order valence-electron chi connectivity index (χ4n) is 2.70. The van der Waals surface area contributed by atoms with Gasteiger partial charge in [-0.05, 0) is 23.6 Å². The first-order chi connectivity index (χ1) is 9.83. The number of fused-ring (bicyclic) bond motifs is 3. The summed E-state index contributed by atoms with van der Waals surface area (Å²) in [5.74, 6) is 1.08. The van der Waals surface area contributed by atoms with E-state index in [1.165, 1.54) is 11.3 Å². The van der Waals surface area contributed by atoms with Crippen molar-refractivity contribution in [1.82, 2.24) is 14.5 Å². The zero-order chi connectivity index (χ0) is 13.5. The van der Waals surface area contributed by atoms with Gasteiger partial charge in [0, 0.05) is 13.1 Å². The molecule has 5 heteroatoms. The number of carbonyl (C=O) groups excluding carboxylic acids is 1. The number of amides is 1. The van der Waals surface area contributed by atoms with Gasteiger partial charge in [-0.3, -0.25) is 4.79 Å². The molecule has 0 spiro atoms. The van der Waals surface area contributed by atoms with E-state index >= 15 is 0 Å². The van der Waals surface area contributed by atoms with Crippen molar-refractivity contribution >= 4 is 28.3 Å². The van der Waals surface area contributed by atoms with Gasteiger partial charge >= 0.3 is 0 Å². The maximum atomic E-state index is 12.4. The summed E-state index contributed by atoms with van der Waals surface area (Å²) < 4.78 is 2.22. The normalized spacial score (nSPS) is 14.5. The Morgan fingerprint density at radius 2 is 2.05 bits per heavy atom. The second kappa shape index (κ2) is 4.45. The maximum absolute atomic E-state index is 12.4. The van der Waals surface area contributed by atoms with Crippen LogP contribution in [0.15, 0.2) is 41.8 Å². The second-order valence-corrected chi connectivity index (χ2v) is 5.82. The van der Waals surface area contributed by atoms with Gasteiger partial charge in [-0.1, -0.05) is 18.2 Å². The maximum Gasteiger partial charge on any atom is 0.264 e. The highest BCUT2D eigenvalue weighted by Gasteiger charge is 2.24. The van der Waals surface area contributed by atoms with Crippen LogP contribution in [0.1, 0.15) is 15.5 Å². The van der Waals surface area contributed by atoms with Crippen LogP contribution in [0, 0.1) is 0 Å². The molecule has 0 fully saturated rings. The summed E-state index contributed by atoms with van der Waals surface area (Å²) in [7, 11) is 0. The Bertz CT molecular complexity index is 776. The molecule has 0 N–H and O–H groups in total. The van der Waals surface area contributed by atoms with Gasteiger partial charge in [0.25, 0.3) is 5.91 Å². The average molecular weight is 283 g/mol. The number of para-hydroxylation sites is 2. The van der Waals surface area contributed by atoms with Crippen molar-refractivity contribution in [3.63, 3.8) is 0 Å². The highest BCUT2D eigenvalue weighted by Crippen LogP contribution is 2.22. The van der Waals surface area contributed by atoms with Crippen LogP contribution in [0.25, 0.3) is 11.0 Å². The van der Waals surface area contributed by atoms with Crippen molar-refractivity contribution in [3.8, 4) is 0 Å². The van der Waals surface area contributed by atoms with Crippen molar-refractivity contribution in [2.45, 2.75) is 13.1 Å². The molecule has 0 unspecified atom stereocenters. The number of benzene rings is 1. The fraction of sp³-hybridized carbons (Fsp3) is 0.200. The van der Waals surface area contributed by atoms with Crippen LogP contribution in [0.3, 0.4) is 0 Å². The van der Waals surface area contributed by atoms with Gasteiger partial charge in [0.15, 0.2) is 0 Å². The number of aromatic nitrogens is 2. The van der Waals surface area contributed by atoms with Crippen LogP contribution in [-0.4, -0.2) is 26.9 Å². The number of imidazole rings is 1. The number of hydrogen-bond acceptors (Lipinski definition) is 3. The van der Waals surface area contributed by atoms with Crippen molar-refractivity contribution in [2.75, 3.05) is 6.54 Å². The Morgan fingerprint density at radius 3 is 2.90 bits per heavy atom. The van der Waals surface area contributed by atoms with Crippen molar-refractivity contribution in [3.05, 3.63) is 52.5 Å². The molecule has 1 aliphatic heterocycles. The van der Waals surface area contributed by atoms with E-state index in [4.69, 9.17) is 0 Å². The van der Waals surface area contributed by atoms with Gasteiger partial charge in [0.1, 0.15) is 5.82 Å². The summed E-state index contributed by atoms with van der Waals surface area (Å²) in [4.78, 5) is 19.7. The Kier molecular flexibility index (Phi) is 2.60. The summed E-state index contributed by atoms with van der Waals surface area (Å²) in [6, 6.07) is 11.9. The van der Waals surface area contributed by atoms with Crippen LogP contribution in [0.5, 0.6) is 0 Å². The molecular weight excluding hydrogens is 270 g/mol. The van der Waals surface area contributed by atoms with Gasteiger partial charge in [-0.2, -0.15) is 0 Å². The molecule has 4 nitrogen and oxygen atoms in total. The van der Waals surface area contributed by atoms with E-state index < -0.39 is 0 Å². The average Bonchev–Trinajstić information content (AvgIpc) is 3.13. The number of carbonyl (C=O) groups is 1. The molecule has 0 saturated heterocycles. The van der Waals surface area contributed by atoms with E-state index in [0.717, 1.165) is 34.8 Å². The Morgan fingerprint density at radius 1 is 1.15 bits per heavy atom. The first kappa shape index (κ1) is 11.7. The predicted molar refractivity (Wildman–Crippen MR) is 78.8 cm³/mol. The Hall–Kier alpha value is -2.14. The predicted octanol–water partition coefficient (Wildman–Crippen LogP) is 2.75. The van der Waals surface area contributed by atoms with Crippen LogP contribution in [0.2, 0.25) is 0 Å². The third-order valence-electron chi connectivity index (χ3n) is 3.68. The monoisotopic (exact) mass is 283 g/mol. The number of rotatable bonds is 1. The minimum absolute atomic E-state index is 0.110. The summed E-state index contributed by atoms with van der Waals surface area (Å²) in [6.45, 7) is 2.14. The fourth-order valence-corrected chi connectivity index (χ4v) is 3.39. The lowest BCUT2D eigenvalue weighted by molar-refractivity contribution is 0.0714. The van der Waals surface area contributed by atoms with Crippen molar-refractivity contribution in [2.24, 2.45) is 0 Å². The van der Waals surface area contributed by atoms with Gasteiger partial charge in [-0.25, -0.2) is 4.98 Å². The quantitative estimate of drug-likeness (QED) is 0.689.